The number of rotatable bonds is 5. The normalized spacial score (nSPS) is 16.7. The molecular formula is C7H2F14O2. The Morgan fingerprint density at radius 3 is 0.783 bits per heavy atom. The van der Waals surface area contributed by atoms with Crippen LogP contribution < -0.4 is 0 Å². The van der Waals surface area contributed by atoms with Crippen LogP contribution in [0, 0.1) is 0 Å². The van der Waals surface area contributed by atoms with Crippen LogP contribution in [0.15, 0.2) is 0 Å². The fourth-order valence-corrected chi connectivity index (χ4v) is 0.969. The minimum Gasteiger partial charge on any atom is -0.335 e. The first-order valence-corrected chi connectivity index (χ1v) is 4.59. The Kier molecular flexibility index (Phi) is 4.74. The Balaban J connectivity index is 6.37. The predicted molar refractivity (Wildman–Crippen MR) is 39.1 cm³/mol. The van der Waals surface area contributed by atoms with Gasteiger partial charge in [0, 0.05) is 0 Å². The summed E-state index contributed by atoms with van der Waals surface area (Å²) in [6.07, 6.45) is -7.60. The van der Waals surface area contributed by atoms with Crippen molar-refractivity contribution in [2.75, 3.05) is 0 Å². The summed E-state index contributed by atoms with van der Waals surface area (Å²) in [7, 11) is 0. The second-order valence-electron chi connectivity index (χ2n) is 3.96. The second kappa shape index (κ2) is 4.97. The Bertz CT molecular complexity index is 403. The van der Waals surface area contributed by atoms with Crippen LogP contribution in [-0.2, 0) is 0 Å². The summed E-state index contributed by atoms with van der Waals surface area (Å²) in [5, 5.41) is 15.1. The first kappa shape index (κ1) is 21.9. The maximum Gasteiger partial charge on any atom is 0.460 e. The van der Waals surface area contributed by atoms with Gasteiger partial charge in [-0.3, -0.25) is 0 Å². The molecule has 0 radical (unpaired) electrons. The van der Waals surface area contributed by atoms with E-state index >= 15 is 0 Å². The first-order chi connectivity index (χ1) is 9.50. The molecule has 0 atom stereocenters. The predicted octanol–water partition coefficient (Wildman–Crippen LogP) is 3.33. The van der Waals surface area contributed by atoms with E-state index in [-0.39, 0.29) is 0 Å². The molecule has 0 aliphatic rings. The van der Waals surface area contributed by atoms with Crippen molar-refractivity contribution < 1.29 is 71.7 Å². The van der Waals surface area contributed by atoms with Crippen molar-refractivity contribution in [3.63, 3.8) is 0 Å². The summed E-state index contributed by atoms with van der Waals surface area (Å²) in [5.74, 6) is -40.2. The molecule has 0 heterocycles. The highest BCUT2D eigenvalue weighted by Gasteiger charge is 2.93. The molecule has 23 heavy (non-hydrogen) atoms. The third kappa shape index (κ3) is 2.68. The second-order valence-corrected chi connectivity index (χ2v) is 3.96. The number of alkyl halides is 14. The SMILES string of the molecule is OC(O)(F)C(F)(F)C(F)(F)C(F)(F)C(F)(F)C(F)(F)C(F)(F)F. The van der Waals surface area contributed by atoms with Gasteiger partial charge in [0.2, 0.25) is 0 Å². The van der Waals surface area contributed by atoms with Crippen molar-refractivity contribution in [3.8, 4) is 0 Å². The maximum atomic E-state index is 12.7. The maximum absolute atomic E-state index is 12.7. The van der Waals surface area contributed by atoms with Crippen LogP contribution in [0.4, 0.5) is 61.5 Å². The van der Waals surface area contributed by atoms with Gasteiger partial charge in [0.05, 0.1) is 0 Å². The molecule has 0 aromatic heterocycles. The van der Waals surface area contributed by atoms with Gasteiger partial charge < -0.3 is 10.2 Å². The Morgan fingerprint density at radius 1 is 0.348 bits per heavy atom. The van der Waals surface area contributed by atoms with Crippen molar-refractivity contribution in [1.82, 2.24) is 0 Å². The van der Waals surface area contributed by atoms with E-state index in [9.17, 15) is 61.5 Å². The molecule has 0 fully saturated rings. The van der Waals surface area contributed by atoms with Gasteiger partial charge >= 0.3 is 41.8 Å². The lowest BCUT2D eigenvalue weighted by Crippen LogP contribution is -2.73. The topological polar surface area (TPSA) is 40.5 Å². The summed E-state index contributed by atoms with van der Waals surface area (Å²) >= 11 is 0. The van der Waals surface area contributed by atoms with Crippen LogP contribution >= 0.6 is 0 Å². The lowest BCUT2D eigenvalue weighted by molar-refractivity contribution is -0.478. The van der Waals surface area contributed by atoms with E-state index in [1.165, 1.54) is 0 Å². The Labute approximate surface area is 115 Å². The average Bonchev–Trinajstić information content (AvgIpc) is 2.24. The molecule has 0 amide bonds. The largest absolute Gasteiger partial charge is 0.460 e. The number of hydrogen-bond acceptors (Lipinski definition) is 2. The summed E-state index contributed by atoms with van der Waals surface area (Å²) in [4.78, 5) is 0. The quantitative estimate of drug-likeness (QED) is 0.564. The van der Waals surface area contributed by atoms with Crippen LogP contribution in [-0.4, -0.2) is 52.0 Å². The third-order valence-electron chi connectivity index (χ3n) is 2.33. The smallest absolute Gasteiger partial charge is 0.335 e. The zero-order valence-electron chi connectivity index (χ0n) is 9.69. The first-order valence-electron chi connectivity index (χ1n) is 4.59. The van der Waals surface area contributed by atoms with Crippen LogP contribution in [0.25, 0.3) is 0 Å². The Morgan fingerprint density at radius 2 is 0.565 bits per heavy atom. The molecule has 16 heteroatoms. The van der Waals surface area contributed by atoms with Gasteiger partial charge in [-0.25, -0.2) is 0 Å². The number of aliphatic hydroxyl groups is 2. The van der Waals surface area contributed by atoms with Crippen LogP contribution in [0.3, 0.4) is 0 Å². The molecular weight excluding hydrogens is 382 g/mol. The van der Waals surface area contributed by atoms with E-state index in [0.29, 0.717) is 0 Å². The average molecular weight is 384 g/mol. The van der Waals surface area contributed by atoms with Gasteiger partial charge in [0.15, 0.2) is 0 Å². The fraction of sp³-hybridized carbons (Fsp3) is 1.00. The monoisotopic (exact) mass is 384 g/mol. The van der Waals surface area contributed by atoms with Crippen LogP contribution in [0.2, 0.25) is 0 Å². The third-order valence-corrected chi connectivity index (χ3v) is 2.33. The standard InChI is InChI=1S/C7H2F14O2/c8-1(9,2(10,11)4(14,15)6(18,19)20)3(12,13)5(16,17)7(21,22)23/h22-23H. The summed E-state index contributed by atoms with van der Waals surface area (Å²) in [6, 6.07) is -6.66. The molecule has 0 saturated heterocycles. The van der Waals surface area contributed by atoms with Gasteiger partial charge in [0.1, 0.15) is 0 Å². The molecule has 0 unspecified atom stereocenters. The zero-order valence-corrected chi connectivity index (χ0v) is 9.69. The molecule has 0 aromatic carbocycles. The highest BCUT2D eigenvalue weighted by Crippen LogP contribution is 2.61. The molecule has 2 nitrogen and oxygen atoms in total. The summed E-state index contributed by atoms with van der Waals surface area (Å²) in [6.45, 7) is 0. The molecule has 0 bridgehead atoms. The van der Waals surface area contributed by atoms with E-state index in [1.807, 2.05) is 0 Å². The molecule has 0 spiro atoms. The zero-order chi connectivity index (χ0) is 19.5. The lowest BCUT2D eigenvalue weighted by atomic mass is 9.93. The fourth-order valence-electron chi connectivity index (χ4n) is 0.969. The van der Waals surface area contributed by atoms with E-state index in [1.54, 1.807) is 0 Å². The Hall–Kier alpha value is -1.06. The van der Waals surface area contributed by atoms with Crippen molar-refractivity contribution >= 4 is 0 Å². The van der Waals surface area contributed by atoms with E-state index < -0.39 is 41.8 Å². The molecule has 0 rings (SSSR count). The molecule has 0 saturated carbocycles. The van der Waals surface area contributed by atoms with Crippen LogP contribution in [0.5, 0.6) is 0 Å². The van der Waals surface area contributed by atoms with Crippen LogP contribution in [0.1, 0.15) is 0 Å². The number of hydrogen-bond donors (Lipinski definition) is 2. The molecule has 0 aromatic rings. The van der Waals surface area contributed by atoms with Gasteiger partial charge in [-0.05, 0) is 0 Å². The summed E-state index contributed by atoms with van der Waals surface area (Å²) in [5.41, 5.74) is 0. The minimum absolute atomic E-state index is 6.66. The molecule has 2 N–H and O–H groups in total. The molecule has 0 aliphatic heterocycles. The minimum atomic E-state index is -8.27. The lowest BCUT2D eigenvalue weighted by Gasteiger charge is -2.40. The molecule has 140 valence electrons. The highest BCUT2D eigenvalue weighted by molar-refractivity contribution is 5.11. The van der Waals surface area contributed by atoms with Crippen molar-refractivity contribution in [3.05, 3.63) is 0 Å². The van der Waals surface area contributed by atoms with Gasteiger partial charge in [-0.1, -0.05) is 0 Å². The van der Waals surface area contributed by atoms with Gasteiger partial charge in [-0.2, -0.15) is 61.5 Å². The number of halogens is 14. The van der Waals surface area contributed by atoms with Crippen molar-refractivity contribution in [2.24, 2.45) is 0 Å². The highest BCUT2D eigenvalue weighted by atomic mass is 19.4. The van der Waals surface area contributed by atoms with Crippen molar-refractivity contribution in [1.29, 1.82) is 0 Å². The van der Waals surface area contributed by atoms with Gasteiger partial charge in [-0.15, -0.1) is 0 Å². The van der Waals surface area contributed by atoms with Crippen molar-refractivity contribution in [2.45, 2.75) is 41.8 Å². The summed E-state index contributed by atoms with van der Waals surface area (Å²) < 4.78 is 172. The van der Waals surface area contributed by atoms with E-state index in [2.05, 4.69) is 0 Å². The van der Waals surface area contributed by atoms with E-state index in [4.69, 9.17) is 10.2 Å². The van der Waals surface area contributed by atoms with Gasteiger partial charge in [0.25, 0.3) is 0 Å². The van der Waals surface area contributed by atoms with E-state index in [0.717, 1.165) is 0 Å². The molecule has 0 aliphatic carbocycles.